The van der Waals surface area contributed by atoms with Crippen molar-refractivity contribution in [1.82, 2.24) is 15.0 Å². The molecular formula is C8H12Cl2N4O. The van der Waals surface area contributed by atoms with Crippen LogP contribution in [-0.2, 0) is 0 Å². The lowest BCUT2D eigenvalue weighted by atomic mass is 10.2. The third-order valence-electron chi connectivity index (χ3n) is 1.88. The first-order valence-corrected chi connectivity index (χ1v) is 5.35. The van der Waals surface area contributed by atoms with Gasteiger partial charge in [0.25, 0.3) is 0 Å². The number of aliphatic hydroxyl groups excluding tert-OH is 1. The van der Waals surface area contributed by atoms with E-state index in [0.29, 0.717) is 12.4 Å². The molecule has 1 heterocycles. The largest absolute Gasteiger partial charge is 0.396 e. The van der Waals surface area contributed by atoms with Gasteiger partial charge in [-0.3, -0.25) is 0 Å². The van der Waals surface area contributed by atoms with Crippen molar-refractivity contribution >= 4 is 29.2 Å². The van der Waals surface area contributed by atoms with Gasteiger partial charge in [-0.15, -0.1) is 0 Å². The molecule has 0 aliphatic rings. The van der Waals surface area contributed by atoms with Gasteiger partial charge < -0.3 is 10.4 Å². The zero-order chi connectivity index (χ0) is 11.3. The maximum absolute atomic E-state index is 8.81. The monoisotopic (exact) mass is 250 g/mol. The van der Waals surface area contributed by atoms with Crippen LogP contribution in [0.2, 0.25) is 10.6 Å². The van der Waals surface area contributed by atoms with E-state index in [9.17, 15) is 0 Å². The number of aliphatic hydroxyl groups is 1. The fourth-order valence-electron chi connectivity index (χ4n) is 1.11. The predicted octanol–water partition coefficient (Wildman–Crippen LogP) is 1.75. The Bertz CT molecular complexity index is 303. The van der Waals surface area contributed by atoms with E-state index >= 15 is 0 Å². The van der Waals surface area contributed by atoms with Crippen LogP contribution in [0.4, 0.5) is 5.95 Å². The fourth-order valence-corrected chi connectivity index (χ4v) is 1.47. The molecule has 0 fully saturated rings. The highest BCUT2D eigenvalue weighted by Gasteiger charge is 2.09. The summed E-state index contributed by atoms with van der Waals surface area (Å²) in [6, 6.07) is 0.101. The van der Waals surface area contributed by atoms with E-state index < -0.39 is 0 Å². The number of rotatable bonds is 5. The van der Waals surface area contributed by atoms with Crippen molar-refractivity contribution in [3.63, 3.8) is 0 Å². The van der Waals surface area contributed by atoms with Crippen LogP contribution in [0, 0.1) is 0 Å². The molecule has 0 aliphatic heterocycles. The molecule has 0 saturated carbocycles. The molecule has 7 heteroatoms. The van der Waals surface area contributed by atoms with Crippen molar-refractivity contribution in [1.29, 1.82) is 0 Å². The first-order valence-electron chi connectivity index (χ1n) is 4.60. The second-order valence-electron chi connectivity index (χ2n) is 2.96. The zero-order valence-electron chi connectivity index (χ0n) is 8.24. The van der Waals surface area contributed by atoms with Gasteiger partial charge in [0, 0.05) is 12.6 Å². The summed E-state index contributed by atoms with van der Waals surface area (Å²) in [5, 5.41) is 11.9. The number of nitrogens with one attached hydrogen (secondary N) is 1. The van der Waals surface area contributed by atoms with E-state index in [4.69, 9.17) is 28.3 Å². The summed E-state index contributed by atoms with van der Waals surface area (Å²) >= 11 is 11.2. The third kappa shape index (κ3) is 4.15. The minimum absolute atomic E-state index is 0.0522. The lowest BCUT2D eigenvalue weighted by molar-refractivity contribution is 0.278. The van der Waals surface area contributed by atoms with Crippen molar-refractivity contribution in [2.75, 3.05) is 11.9 Å². The maximum atomic E-state index is 8.81. The number of nitrogens with zero attached hydrogens (tertiary/aromatic N) is 3. The molecule has 0 bridgehead atoms. The lowest BCUT2D eigenvalue weighted by Crippen LogP contribution is -2.21. The summed E-state index contributed by atoms with van der Waals surface area (Å²) in [6.07, 6.45) is 1.47. The Kier molecular flexibility index (Phi) is 5.01. The Labute approximate surface area is 97.9 Å². The fraction of sp³-hybridized carbons (Fsp3) is 0.625. The quantitative estimate of drug-likeness (QED) is 0.834. The third-order valence-corrected chi connectivity index (χ3v) is 2.22. The summed E-state index contributed by atoms with van der Waals surface area (Å²) in [5.41, 5.74) is 0. The molecule has 0 aliphatic carbocycles. The minimum atomic E-state index is 0.0522. The summed E-state index contributed by atoms with van der Waals surface area (Å²) in [6.45, 7) is 2.11. The first-order chi connectivity index (χ1) is 7.15. The molecule has 15 heavy (non-hydrogen) atoms. The van der Waals surface area contributed by atoms with Crippen molar-refractivity contribution in [3.8, 4) is 0 Å². The van der Waals surface area contributed by atoms with Crippen LogP contribution in [0.1, 0.15) is 19.8 Å². The standard InChI is InChI=1S/C8H12Cl2N4O/c1-2-5(3-4-15)11-8-13-6(9)12-7(10)14-8/h5,15H,2-4H2,1H3,(H,11,12,13,14). The summed E-state index contributed by atoms with van der Waals surface area (Å²) in [5.74, 6) is 0.334. The van der Waals surface area contributed by atoms with Gasteiger partial charge in [-0.25, -0.2) is 0 Å². The Hall–Kier alpha value is -0.650. The predicted molar refractivity (Wildman–Crippen MR) is 59.3 cm³/mol. The van der Waals surface area contributed by atoms with Crippen molar-refractivity contribution in [2.24, 2.45) is 0 Å². The Morgan fingerprint density at radius 1 is 1.27 bits per heavy atom. The molecule has 1 aromatic heterocycles. The van der Waals surface area contributed by atoms with Crippen molar-refractivity contribution < 1.29 is 5.11 Å². The number of hydrogen-bond acceptors (Lipinski definition) is 5. The molecule has 1 aromatic rings. The van der Waals surface area contributed by atoms with Gasteiger partial charge in [0.15, 0.2) is 0 Å². The van der Waals surface area contributed by atoms with Gasteiger partial charge in [0.2, 0.25) is 16.5 Å². The van der Waals surface area contributed by atoms with E-state index in [1.54, 1.807) is 0 Å². The number of halogens is 2. The smallest absolute Gasteiger partial charge is 0.228 e. The van der Waals surface area contributed by atoms with Gasteiger partial charge in [-0.05, 0) is 36.0 Å². The Balaban J connectivity index is 2.69. The second kappa shape index (κ2) is 6.05. The molecule has 0 aromatic carbocycles. The van der Waals surface area contributed by atoms with Crippen LogP contribution < -0.4 is 5.32 Å². The van der Waals surface area contributed by atoms with Crippen molar-refractivity contribution in [3.05, 3.63) is 10.6 Å². The molecular weight excluding hydrogens is 239 g/mol. The van der Waals surface area contributed by atoms with Crippen molar-refractivity contribution in [2.45, 2.75) is 25.8 Å². The molecule has 1 unspecified atom stereocenters. The molecule has 1 rings (SSSR count). The molecule has 0 radical (unpaired) electrons. The average Bonchev–Trinajstić information content (AvgIpc) is 2.15. The van der Waals surface area contributed by atoms with Crippen LogP contribution in [-0.4, -0.2) is 32.7 Å². The highest BCUT2D eigenvalue weighted by Crippen LogP contribution is 2.12. The highest BCUT2D eigenvalue weighted by molar-refractivity contribution is 6.31. The van der Waals surface area contributed by atoms with E-state index in [1.165, 1.54) is 0 Å². The molecule has 0 spiro atoms. The molecule has 1 atom stereocenters. The Morgan fingerprint density at radius 3 is 2.33 bits per heavy atom. The molecule has 0 saturated heterocycles. The number of hydrogen-bond donors (Lipinski definition) is 2. The normalized spacial score (nSPS) is 12.5. The van der Waals surface area contributed by atoms with Crippen LogP contribution in [0.3, 0.4) is 0 Å². The summed E-state index contributed by atoms with van der Waals surface area (Å²) in [7, 11) is 0. The maximum Gasteiger partial charge on any atom is 0.228 e. The van der Waals surface area contributed by atoms with Crippen LogP contribution in [0.5, 0.6) is 0 Å². The summed E-state index contributed by atoms with van der Waals surface area (Å²) < 4.78 is 0. The van der Waals surface area contributed by atoms with Crippen LogP contribution in [0.15, 0.2) is 0 Å². The van der Waals surface area contributed by atoms with Gasteiger partial charge in [0.1, 0.15) is 0 Å². The van der Waals surface area contributed by atoms with E-state index in [-0.39, 0.29) is 23.2 Å². The number of aromatic nitrogens is 3. The lowest BCUT2D eigenvalue weighted by Gasteiger charge is -2.15. The zero-order valence-corrected chi connectivity index (χ0v) is 9.76. The van der Waals surface area contributed by atoms with Gasteiger partial charge in [0.05, 0.1) is 0 Å². The molecule has 5 nitrogen and oxygen atoms in total. The van der Waals surface area contributed by atoms with Crippen LogP contribution in [0.25, 0.3) is 0 Å². The van der Waals surface area contributed by atoms with Gasteiger partial charge in [-0.1, -0.05) is 6.92 Å². The van der Waals surface area contributed by atoms with Gasteiger partial charge in [-0.2, -0.15) is 15.0 Å². The minimum Gasteiger partial charge on any atom is -0.396 e. The number of anilines is 1. The highest BCUT2D eigenvalue weighted by atomic mass is 35.5. The van der Waals surface area contributed by atoms with Gasteiger partial charge >= 0.3 is 0 Å². The molecule has 0 amide bonds. The molecule has 2 N–H and O–H groups in total. The molecule has 84 valence electrons. The Morgan fingerprint density at radius 2 is 1.87 bits per heavy atom. The van der Waals surface area contributed by atoms with E-state index in [0.717, 1.165) is 6.42 Å². The van der Waals surface area contributed by atoms with Crippen LogP contribution >= 0.6 is 23.2 Å². The SMILES string of the molecule is CCC(CCO)Nc1nc(Cl)nc(Cl)n1. The van der Waals surface area contributed by atoms with E-state index in [1.807, 2.05) is 6.92 Å². The summed E-state index contributed by atoms with van der Waals surface area (Å²) in [4.78, 5) is 11.4. The first kappa shape index (κ1) is 12.4. The van der Waals surface area contributed by atoms with E-state index in [2.05, 4.69) is 20.3 Å². The topological polar surface area (TPSA) is 70.9 Å². The average molecular weight is 251 g/mol. The second-order valence-corrected chi connectivity index (χ2v) is 3.63.